The number of nitrogens with zero attached hydrogens (tertiary/aromatic N) is 2. The third kappa shape index (κ3) is 3.01. The number of carbonyl (C=O) groups is 1. The van der Waals surface area contributed by atoms with Crippen LogP contribution in [-0.4, -0.2) is 18.2 Å². The molecule has 2 rings (SSSR count). The minimum Gasteiger partial charge on any atom is -0.330 e. The number of anilines is 1. The second kappa shape index (κ2) is 6.48. The number of carbonyl (C=O) groups excluding carboxylic acids is 1. The van der Waals surface area contributed by atoms with Gasteiger partial charge in [0.25, 0.3) is 5.91 Å². The molecule has 4 nitrogen and oxygen atoms in total. The Labute approximate surface area is 114 Å². The lowest BCUT2D eigenvalue weighted by molar-refractivity contribution is -0.119. The van der Waals surface area contributed by atoms with Crippen molar-refractivity contribution in [1.29, 1.82) is 0 Å². The van der Waals surface area contributed by atoms with Crippen LogP contribution in [0.5, 0.6) is 0 Å². The van der Waals surface area contributed by atoms with Gasteiger partial charge in [-0.15, -0.1) is 0 Å². The second-order valence-corrected chi connectivity index (χ2v) is 4.81. The van der Waals surface area contributed by atoms with E-state index in [-0.39, 0.29) is 11.8 Å². The molecule has 0 radical (unpaired) electrons. The lowest BCUT2D eigenvalue weighted by atomic mass is 9.94. The summed E-state index contributed by atoms with van der Waals surface area (Å²) in [6.07, 6.45) is 3.55. The Kier molecular flexibility index (Phi) is 4.68. The quantitative estimate of drug-likeness (QED) is 0.853. The Morgan fingerprint density at radius 1 is 1.32 bits per heavy atom. The van der Waals surface area contributed by atoms with Crippen molar-refractivity contribution < 1.29 is 4.79 Å². The topological polar surface area (TPSA) is 58.7 Å². The predicted octanol–water partition coefficient (Wildman–Crippen LogP) is 2.54. The van der Waals surface area contributed by atoms with Gasteiger partial charge in [-0.05, 0) is 37.9 Å². The standard InChI is InChI=1S/C15H21N3O/c1-2-7-14-13(10-6-11-16)15(19)18(17-14)12-8-4-3-5-9-12/h3-5,8-9,13H,2,6-7,10-11,16H2,1H3. The molecule has 1 aliphatic rings. The Morgan fingerprint density at radius 3 is 2.68 bits per heavy atom. The van der Waals surface area contributed by atoms with E-state index < -0.39 is 0 Å². The molecule has 1 unspecified atom stereocenters. The Balaban J connectivity index is 2.20. The molecule has 1 amide bonds. The largest absolute Gasteiger partial charge is 0.330 e. The van der Waals surface area contributed by atoms with Gasteiger partial charge < -0.3 is 5.73 Å². The molecule has 1 aromatic rings. The van der Waals surface area contributed by atoms with Crippen molar-refractivity contribution in [2.75, 3.05) is 11.6 Å². The first-order valence-corrected chi connectivity index (χ1v) is 6.94. The summed E-state index contributed by atoms with van der Waals surface area (Å²) < 4.78 is 0. The van der Waals surface area contributed by atoms with Gasteiger partial charge in [0, 0.05) is 0 Å². The summed E-state index contributed by atoms with van der Waals surface area (Å²) in [6.45, 7) is 2.73. The van der Waals surface area contributed by atoms with Gasteiger partial charge in [-0.2, -0.15) is 5.10 Å². The van der Waals surface area contributed by atoms with Crippen LogP contribution in [0, 0.1) is 5.92 Å². The predicted molar refractivity (Wildman–Crippen MR) is 78.0 cm³/mol. The first kappa shape index (κ1) is 13.7. The monoisotopic (exact) mass is 259 g/mol. The summed E-state index contributed by atoms with van der Waals surface area (Å²) in [5.74, 6) is 0.00630. The van der Waals surface area contributed by atoms with Crippen LogP contribution in [0.2, 0.25) is 0 Å². The molecule has 2 N–H and O–H groups in total. The van der Waals surface area contributed by atoms with E-state index in [2.05, 4.69) is 12.0 Å². The summed E-state index contributed by atoms with van der Waals surface area (Å²) in [7, 11) is 0. The van der Waals surface area contributed by atoms with E-state index in [0.717, 1.165) is 37.1 Å². The van der Waals surface area contributed by atoms with Crippen molar-refractivity contribution in [2.24, 2.45) is 16.8 Å². The van der Waals surface area contributed by atoms with Crippen LogP contribution >= 0.6 is 0 Å². The highest BCUT2D eigenvalue weighted by Crippen LogP contribution is 2.27. The number of hydrazone groups is 1. The average molecular weight is 259 g/mol. The number of hydrogen-bond donors (Lipinski definition) is 1. The first-order chi connectivity index (χ1) is 9.27. The molecular formula is C15H21N3O. The Morgan fingerprint density at radius 2 is 2.05 bits per heavy atom. The van der Waals surface area contributed by atoms with Gasteiger partial charge in [0.15, 0.2) is 0 Å². The first-order valence-electron chi connectivity index (χ1n) is 6.94. The summed E-state index contributed by atoms with van der Waals surface area (Å²) >= 11 is 0. The van der Waals surface area contributed by atoms with E-state index in [4.69, 9.17) is 5.73 Å². The number of benzene rings is 1. The molecule has 1 aliphatic heterocycles. The van der Waals surface area contributed by atoms with Crippen molar-refractivity contribution in [1.82, 2.24) is 0 Å². The summed E-state index contributed by atoms with van der Waals surface area (Å²) in [4.78, 5) is 12.5. The molecule has 4 heteroatoms. The summed E-state index contributed by atoms with van der Waals surface area (Å²) in [6, 6.07) is 9.61. The van der Waals surface area contributed by atoms with Crippen molar-refractivity contribution in [3.05, 3.63) is 30.3 Å². The van der Waals surface area contributed by atoms with Gasteiger partial charge in [0.1, 0.15) is 0 Å². The summed E-state index contributed by atoms with van der Waals surface area (Å²) in [5.41, 5.74) is 7.40. The highest BCUT2D eigenvalue weighted by atomic mass is 16.2. The average Bonchev–Trinajstić information content (AvgIpc) is 2.75. The van der Waals surface area contributed by atoms with Crippen LogP contribution in [-0.2, 0) is 4.79 Å². The van der Waals surface area contributed by atoms with Crippen molar-refractivity contribution in [3.63, 3.8) is 0 Å². The van der Waals surface area contributed by atoms with Gasteiger partial charge in [0.05, 0.1) is 17.3 Å². The van der Waals surface area contributed by atoms with Crippen LogP contribution in [0.25, 0.3) is 0 Å². The fourth-order valence-corrected chi connectivity index (χ4v) is 2.38. The SMILES string of the molecule is CCCC1=NN(c2ccccc2)C(=O)C1CCCN. The van der Waals surface area contributed by atoms with Crippen LogP contribution in [0.4, 0.5) is 5.69 Å². The van der Waals surface area contributed by atoms with Crippen LogP contribution < -0.4 is 10.7 Å². The number of hydrogen-bond acceptors (Lipinski definition) is 3. The van der Waals surface area contributed by atoms with Gasteiger partial charge >= 0.3 is 0 Å². The van der Waals surface area contributed by atoms with Crippen LogP contribution in [0.15, 0.2) is 35.4 Å². The number of nitrogens with two attached hydrogens (primary N) is 1. The zero-order chi connectivity index (χ0) is 13.7. The van der Waals surface area contributed by atoms with Gasteiger partial charge in [-0.25, -0.2) is 5.01 Å². The van der Waals surface area contributed by atoms with E-state index in [1.54, 1.807) is 5.01 Å². The minimum atomic E-state index is -0.0799. The molecule has 0 saturated heterocycles. The molecule has 102 valence electrons. The van der Waals surface area contributed by atoms with E-state index in [1.165, 1.54) is 0 Å². The van der Waals surface area contributed by atoms with Crippen LogP contribution in [0.1, 0.15) is 32.6 Å². The number of rotatable bonds is 6. The zero-order valence-corrected chi connectivity index (χ0v) is 11.4. The Bertz CT molecular complexity index is 456. The number of para-hydroxylation sites is 1. The molecule has 0 spiro atoms. The molecule has 0 bridgehead atoms. The molecule has 0 aliphatic carbocycles. The maximum absolute atomic E-state index is 12.5. The van der Waals surface area contributed by atoms with Gasteiger partial charge in [-0.3, -0.25) is 4.79 Å². The highest BCUT2D eigenvalue weighted by molar-refractivity contribution is 6.15. The highest BCUT2D eigenvalue weighted by Gasteiger charge is 2.35. The maximum Gasteiger partial charge on any atom is 0.256 e. The minimum absolute atomic E-state index is 0.0799. The van der Waals surface area contributed by atoms with Crippen molar-refractivity contribution >= 4 is 17.3 Å². The molecular weight excluding hydrogens is 238 g/mol. The third-order valence-electron chi connectivity index (χ3n) is 3.34. The molecule has 19 heavy (non-hydrogen) atoms. The molecule has 0 saturated carbocycles. The van der Waals surface area contributed by atoms with E-state index in [0.29, 0.717) is 6.54 Å². The fourth-order valence-electron chi connectivity index (χ4n) is 2.38. The molecule has 1 aromatic carbocycles. The normalized spacial score (nSPS) is 18.8. The van der Waals surface area contributed by atoms with Crippen molar-refractivity contribution in [3.8, 4) is 0 Å². The fraction of sp³-hybridized carbons (Fsp3) is 0.467. The van der Waals surface area contributed by atoms with E-state index in [9.17, 15) is 4.79 Å². The molecule has 0 fully saturated rings. The lowest BCUT2D eigenvalue weighted by Gasteiger charge is -2.14. The number of amides is 1. The van der Waals surface area contributed by atoms with Gasteiger partial charge in [0.2, 0.25) is 0 Å². The van der Waals surface area contributed by atoms with Gasteiger partial charge in [-0.1, -0.05) is 31.5 Å². The second-order valence-electron chi connectivity index (χ2n) is 4.81. The van der Waals surface area contributed by atoms with Crippen molar-refractivity contribution in [2.45, 2.75) is 32.6 Å². The molecule has 1 atom stereocenters. The Hall–Kier alpha value is -1.68. The smallest absolute Gasteiger partial charge is 0.256 e. The third-order valence-corrected chi connectivity index (χ3v) is 3.34. The summed E-state index contributed by atoms with van der Waals surface area (Å²) in [5, 5.41) is 6.07. The van der Waals surface area contributed by atoms with E-state index in [1.807, 2.05) is 30.3 Å². The molecule has 0 aromatic heterocycles. The van der Waals surface area contributed by atoms with Crippen LogP contribution in [0.3, 0.4) is 0 Å². The van der Waals surface area contributed by atoms with E-state index >= 15 is 0 Å². The maximum atomic E-state index is 12.5. The zero-order valence-electron chi connectivity index (χ0n) is 11.4. The molecule has 1 heterocycles. The lowest BCUT2D eigenvalue weighted by Crippen LogP contribution is -2.27.